The lowest BCUT2D eigenvalue weighted by Gasteiger charge is -2.14. The molecule has 3 rings (SSSR count). The van der Waals surface area contributed by atoms with Crippen molar-refractivity contribution in [3.63, 3.8) is 0 Å². The highest BCUT2D eigenvalue weighted by Crippen LogP contribution is 2.16. The summed E-state index contributed by atoms with van der Waals surface area (Å²) >= 11 is 0. The van der Waals surface area contributed by atoms with Gasteiger partial charge >= 0.3 is 0 Å². The number of aliphatic imine (C=N–C) groups is 1. The van der Waals surface area contributed by atoms with Crippen molar-refractivity contribution < 1.29 is 9.59 Å². The number of rotatable bonds is 6. The molecule has 0 unspecified atom stereocenters. The van der Waals surface area contributed by atoms with E-state index in [1.165, 1.54) is 6.92 Å². The Morgan fingerprint density at radius 2 is 1.78 bits per heavy atom. The van der Waals surface area contributed by atoms with Gasteiger partial charge in [0.25, 0.3) is 5.91 Å². The van der Waals surface area contributed by atoms with E-state index in [1.807, 2.05) is 62.4 Å². The largest absolute Gasteiger partial charge is 0.352 e. The highest BCUT2D eigenvalue weighted by atomic mass is 16.2. The molecule has 0 radical (unpaired) electrons. The average Bonchev–Trinajstić information content (AvgIpc) is 2.79. The summed E-state index contributed by atoms with van der Waals surface area (Å²) in [6.45, 7) is 6.22. The quantitative estimate of drug-likeness (QED) is 0.411. The standard InChI is InChI=1S/C25H27N5O2/c1-17-7-8-18(2)23(14-17)29-25(28-16-22-6-4-5-13-26-22)30-24(32)21-11-9-20(10-12-21)15-27-19(3)31/h4-14H,15-16H2,1-3H3,(H,27,31)(H2,28,29,30,32). The van der Waals surface area contributed by atoms with E-state index in [0.717, 1.165) is 28.1 Å². The van der Waals surface area contributed by atoms with Gasteiger partial charge in [0.1, 0.15) is 0 Å². The second-order valence-electron chi connectivity index (χ2n) is 7.49. The molecule has 0 bridgehead atoms. The third-order valence-electron chi connectivity index (χ3n) is 4.76. The lowest BCUT2D eigenvalue weighted by molar-refractivity contribution is -0.119. The van der Waals surface area contributed by atoms with Crippen LogP contribution < -0.4 is 16.0 Å². The molecule has 0 saturated heterocycles. The summed E-state index contributed by atoms with van der Waals surface area (Å²) in [5.41, 5.74) is 5.21. The SMILES string of the molecule is CC(=O)NCc1ccc(C(=O)NC(=NCc2ccccn2)Nc2cc(C)ccc2C)cc1. The molecule has 0 aliphatic heterocycles. The fraction of sp³-hybridized carbons (Fsp3) is 0.200. The van der Waals surface area contributed by atoms with Gasteiger partial charge in [0.2, 0.25) is 11.9 Å². The number of nitrogens with zero attached hydrogens (tertiary/aromatic N) is 2. The summed E-state index contributed by atoms with van der Waals surface area (Å²) in [4.78, 5) is 32.8. The molecule has 7 heteroatoms. The molecule has 0 fully saturated rings. The molecular weight excluding hydrogens is 402 g/mol. The van der Waals surface area contributed by atoms with Gasteiger partial charge in [-0.05, 0) is 60.9 Å². The lowest BCUT2D eigenvalue weighted by Crippen LogP contribution is -2.36. The molecule has 1 aromatic heterocycles. The zero-order chi connectivity index (χ0) is 22.9. The molecule has 2 amide bonds. The van der Waals surface area contributed by atoms with Gasteiger partial charge in [0.05, 0.1) is 12.2 Å². The van der Waals surface area contributed by atoms with Crippen molar-refractivity contribution >= 4 is 23.5 Å². The summed E-state index contributed by atoms with van der Waals surface area (Å²) in [7, 11) is 0. The second kappa shape index (κ2) is 10.9. The predicted octanol–water partition coefficient (Wildman–Crippen LogP) is 3.73. The molecule has 0 atom stereocenters. The van der Waals surface area contributed by atoms with Crippen LogP contribution in [0.1, 0.15) is 39.7 Å². The molecule has 0 aliphatic carbocycles. The van der Waals surface area contributed by atoms with Gasteiger partial charge in [-0.3, -0.25) is 19.9 Å². The third-order valence-corrected chi connectivity index (χ3v) is 4.76. The molecule has 0 spiro atoms. The Balaban J connectivity index is 1.77. The number of carbonyl (C=O) groups excluding carboxylic acids is 2. The maximum absolute atomic E-state index is 12.9. The summed E-state index contributed by atoms with van der Waals surface area (Å²) < 4.78 is 0. The fourth-order valence-electron chi connectivity index (χ4n) is 2.94. The van der Waals surface area contributed by atoms with Crippen molar-refractivity contribution in [2.45, 2.75) is 33.9 Å². The number of anilines is 1. The maximum atomic E-state index is 12.9. The Morgan fingerprint density at radius 3 is 2.47 bits per heavy atom. The van der Waals surface area contributed by atoms with Crippen LogP contribution in [0.15, 0.2) is 71.9 Å². The van der Waals surface area contributed by atoms with E-state index >= 15 is 0 Å². The third kappa shape index (κ3) is 6.77. The molecule has 2 aromatic carbocycles. The van der Waals surface area contributed by atoms with Gasteiger partial charge in [-0.1, -0.05) is 30.3 Å². The molecule has 7 nitrogen and oxygen atoms in total. The van der Waals surface area contributed by atoms with E-state index in [-0.39, 0.29) is 11.8 Å². The summed E-state index contributed by atoms with van der Waals surface area (Å²) in [6.07, 6.45) is 1.71. The van der Waals surface area contributed by atoms with Crippen molar-refractivity contribution in [2.24, 2.45) is 4.99 Å². The van der Waals surface area contributed by atoms with Gasteiger partial charge in [0, 0.05) is 30.9 Å². The first kappa shape index (κ1) is 22.7. The number of benzene rings is 2. The first-order valence-corrected chi connectivity index (χ1v) is 10.3. The zero-order valence-electron chi connectivity index (χ0n) is 18.5. The van der Waals surface area contributed by atoms with Gasteiger partial charge in [-0.15, -0.1) is 0 Å². The lowest BCUT2D eigenvalue weighted by atomic mass is 10.1. The summed E-state index contributed by atoms with van der Waals surface area (Å²) in [6, 6.07) is 18.8. The smallest absolute Gasteiger partial charge is 0.257 e. The van der Waals surface area contributed by atoms with Crippen LogP contribution in [0, 0.1) is 13.8 Å². The summed E-state index contributed by atoms with van der Waals surface area (Å²) in [5.74, 6) is -0.0385. The topological polar surface area (TPSA) is 95.5 Å². The maximum Gasteiger partial charge on any atom is 0.257 e. The first-order valence-electron chi connectivity index (χ1n) is 10.3. The van der Waals surface area contributed by atoms with E-state index in [2.05, 4.69) is 25.9 Å². The number of aryl methyl sites for hydroxylation is 2. The molecule has 1 heterocycles. The molecule has 0 aliphatic rings. The van der Waals surface area contributed by atoms with E-state index in [1.54, 1.807) is 18.3 Å². The Bertz CT molecular complexity index is 1110. The Morgan fingerprint density at radius 1 is 1.00 bits per heavy atom. The van der Waals surface area contributed by atoms with E-state index < -0.39 is 0 Å². The minimum Gasteiger partial charge on any atom is -0.352 e. The average molecular weight is 430 g/mol. The van der Waals surface area contributed by atoms with Crippen molar-refractivity contribution in [3.8, 4) is 0 Å². The molecule has 164 valence electrons. The number of hydrogen-bond donors (Lipinski definition) is 3. The number of guanidine groups is 1. The Kier molecular flexibility index (Phi) is 7.70. The van der Waals surface area contributed by atoms with Crippen molar-refractivity contribution in [3.05, 3.63) is 94.8 Å². The zero-order valence-corrected chi connectivity index (χ0v) is 18.5. The molecule has 32 heavy (non-hydrogen) atoms. The first-order chi connectivity index (χ1) is 15.4. The number of nitrogens with one attached hydrogen (secondary N) is 3. The number of pyridine rings is 1. The van der Waals surface area contributed by atoms with Crippen LogP contribution in [0.2, 0.25) is 0 Å². The van der Waals surface area contributed by atoms with Crippen LogP contribution >= 0.6 is 0 Å². The molecular formula is C25H27N5O2. The van der Waals surface area contributed by atoms with Gasteiger partial charge in [-0.2, -0.15) is 0 Å². The van der Waals surface area contributed by atoms with Crippen LogP contribution in [0.5, 0.6) is 0 Å². The highest BCUT2D eigenvalue weighted by Gasteiger charge is 2.11. The van der Waals surface area contributed by atoms with Crippen molar-refractivity contribution in [1.29, 1.82) is 0 Å². The van der Waals surface area contributed by atoms with Crippen LogP contribution in [0.25, 0.3) is 0 Å². The monoisotopic (exact) mass is 429 g/mol. The fourth-order valence-corrected chi connectivity index (χ4v) is 2.94. The van der Waals surface area contributed by atoms with Gasteiger partial charge in [0.15, 0.2) is 0 Å². The van der Waals surface area contributed by atoms with Crippen LogP contribution in [-0.2, 0) is 17.9 Å². The number of aromatic nitrogens is 1. The Labute approximate surface area is 188 Å². The predicted molar refractivity (Wildman–Crippen MR) is 126 cm³/mol. The number of amides is 2. The van der Waals surface area contributed by atoms with E-state index in [4.69, 9.17) is 0 Å². The summed E-state index contributed by atoms with van der Waals surface area (Å²) in [5, 5.41) is 8.85. The Hall–Kier alpha value is -4.00. The van der Waals surface area contributed by atoms with E-state index in [0.29, 0.717) is 24.6 Å². The van der Waals surface area contributed by atoms with Crippen LogP contribution in [0.4, 0.5) is 5.69 Å². The van der Waals surface area contributed by atoms with Gasteiger partial charge in [-0.25, -0.2) is 4.99 Å². The molecule has 3 aromatic rings. The molecule has 3 N–H and O–H groups in total. The number of hydrogen-bond acceptors (Lipinski definition) is 4. The second-order valence-corrected chi connectivity index (χ2v) is 7.49. The highest BCUT2D eigenvalue weighted by molar-refractivity contribution is 6.10. The van der Waals surface area contributed by atoms with Crippen LogP contribution in [-0.4, -0.2) is 22.8 Å². The van der Waals surface area contributed by atoms with E-state index in [9.17, 15) is 9.59 Å². The number of carbonyl (C=O) groups is 2. The van der Waals surface area contributed by atoms with Crippen molar-refractivity contribution in [2.75, 3.05) is 5.32 Å². The van der Waals surface area contributed by atoms with Gasteiger partial charge < -0.3 is 10.6 Å². The minimum absolute atomic E-state index is 0.0990. The van der Waals surface area contributed by atoms with Crippen LogP contribution in [0.3, 0.4) is 0 Å². The van der Waals surface area contributed by atoms with Crippen molar-refractivity contribution in [1.82, 2.24) is 15.6 Å². The minimum atomic E-state index is -0.284. The molecule has 0 saturated carbocycles. The normalized spacial score (nSPS) is 11.0.